The number of alkyl halides is 2. The van der Waals surface area contributed by atoms with Crippen molar-refractivity contribution in [3.8, 4) is 11.5 Å². The van der Waals surface area contributed by atoms with Crippen molar-refractivity contribution < 1.29 is 28.0 Å². The van der Waals surface area contributed by atoms with Crippen LogP contribution in [0, 0.1) is 10.1 Å². The molecule has 0 aromatic heterocycles. The first-order valence-corrected chi connectivity index (χ1v) is 6.45. The number of nitrogens with zero attached hydrogens (tertiary/aromatic N) is 1. The Morgan fingerprint density at radius 1 is 1.22 bits per heavy atom. The highest BCUT2D eigenvalue weighted by atomic mass is 35.5. The molecule has 0 saturated carbocycles. The van der Waals surface area contributed by atoms with Crippen molar-refractivity contribution in [3.05, 3.63) is 63.2 Å². The van der Waals surface area contributed by atoms with E-state index in [0.717, 1.165) is 24.3 Å². The predicted molar refractivity (Wildman–Crippen MR) is 76.1 cm³/mol. The molecule has 0 bridgehead atoms. The van der Waals surface area contributed by atoms with Gasteiger partial charge in [-0.1, -0.05) is 17.7 Å². The van der Waals surface area contributed by atoms with Crippen LogP contribution < -0.4 is 9.47 Å². The fraction of sp³-hybridized carbons (Fsp3) is 0.0714. The number of hydrogen-bond donors (Lipinski definition) is 0. The van der Waals surface area contributed by atoms with Gasteiger partial charge in [-0.25, -0.2) is 4.79 Å². The molecule has 0 aliphatic carbocycles. The molecular formula is C14H8ClF2NO5. The Kier molecular flexibility index (Phi) is 5.07. The fourth-order valence-electron chi connectivity index (χ4n) is 1.64. The van der Waals surface area contributed by atoms with Crippen LogP contribution in [0.4, 0.5) is 14.5 Å². The van der Waals surface area contributed by atoms with E-state index in [1.54, 1.807) is 0 Å². The first-order chi connectivity index (χ1) is 10.9. The summed E-state index contributed by atoms with van der Waals surface area (Å²) in [5, 5.41) is 10.5. The number of nitro groups is 1. The van der Waals surface area contributed by atoms with E-state index in [1.807, 2.05) is 0 Å². The summed E-state index contributed by atoms with van der Waals surface area (Å²) in [4.78, 5) is 21.9. The molecule has 120 valence electrons. The molecule has 0 unspecified atom stereocenters. The summed E-state index contributed by atoms with van der Waals surface area (Å²) in [5.41, 5.74) is -0.306. The van der Waals surface area contributed by atoms with E-state index in [9.17, 15) is 23.7 Å². The Morgan fingerprint density at radius 2 is 1.96 bits per heavy atom. The van der Waals surface area contributed by atoms with Crippen molar-refractivity contribution in [1.82, 2.24) is 0 Å². The summed E-state index contributed by atoms with van der Waals surface area (Å²) in [5.74, 6) is -1.17. The summed E-state index contributed by atoms with van der Waals surface area (Å²) in [7, 11) is 0. The first-order valence-electron chi connectivity index (χ1n) is 6.08. The molecule has 2 aromatic rings. The van der Waals surface area contributed by atoms with Crippen LogP contribution in [0.15, 0.2) is 42.5 Å². The lowest BCUT2D eigenvalue weighted by Crippen LogP contribution is -2.10. The van der Waals surface area contributed by atoms with Gasteiger partial charge in [-0.2, -0.15) is 8.78 Å². The van der Waals surface area contributed by atoms with E-state index in [0.29, 0.717) is 0 Å². The summed E-state index contributed by atoms with van der Waals surface area (Å²) in [6, 6.07) is 8.31. The molecule has 9 heteroatoms. The third kappa shape index (κ3) is 4.36. The number of rotatable bonds is 5. The summed E-state index contributed by atoms with van der Waals surface area (Å²) in [6.07, 6.45) is 0. The average Bonchev–Trinajstić information content (AvgIpc) is 2.48. The Balaban J connectivity index is 2.17. The van der Waals surface area contributed by atoms with Crippen LogP contribution >= 0.6 is 11.6 Å². The predicted octanol–water partition coefficient (Wildman–Crippen LogP) is 4.07. The molecule has 0 spiro atoms. The molecule has 0 saturated heterocycles. The molecular weight excluding hydrogens is 336 g/mol. The van der Waals surface area contributed by atoms with Gasteiger partial charge < -0.3 is 9.47 Å². The van der Waals surface area contributed by atoms with E-state index in [2.05, 4.69) is 4.74 Å². The smallest absolute Gasteiger partial charge is 0.387 e. The number of hydrogen-bond acceptors (Lipinski definition) is 5. The van der Waals surface area contributed by atoms with Gasteiger partial charge in [0.2, 0.25) is 0 Å². The number of carbonyl (C=O) groups is 1. The Hall–Kier alpha value is -2.74. The van der Waals surface area contributed by atoms with Gasteiger partial charge in [-0.05, 0) is 24.3 Å². The molecule has 2 rings (SSSR count). The van der Waals surface area contributed by atoms with Crippen molar-refractivity contribution >= 4 is 23.3 Å². The number of non-ortho nitro benzene ring substituents is 1. The molecule has 0 N–H and O–H groups in total. The van der Waals surface area contributed by atoms with Crippen molar-refractivity contribution in [2.75, 3.05) is 0 Å². The normalized spacial score (nSPS) is 10.4. The van der Waals surface area contributed by atoms with Gasteiger partial charge in [0, 0.05) is 12.1 Å². The zero-order valence-electron chi connectivity index (χ0n) is 11.2. The number of halogens is 3. The SMILES string of the molecule is O=C(Oc1ccc([N+](=O)[O-])cc1Cl)c1cccc(OC(F)F)c1. The van der Waals surface area contributed by atoms with Gasteiger partial charge in [0.1, 0.15) is 11.5 Å². The van der Waals surface area contributed by atoms with E-state index in [4.69, 9.17) is 16.3 Å². The fourth-order valence-corrected chi connectivity index (χ4v) is 1.86. The highest BCUT2D eigenvalue weighted by molar-refractivity contribution is 6.32. The molecule has 0 atom stereocenters. The Labute approximate surface area is 133 Å². The summed E-state index contributed by atoms with van der Waals surface area (Å²) >= 11 is 5.80. The molecule has 2 aromatic carbocycles. The second-order valence-corrected chi connectivity index (χ2v) is 4.57. The van der Waals surface area contributed by atoms with Crippen LogP contribution in [-0.2, 0) is 0 Å². The number of benzene rings is 2. The number of nitro benzene ring substituents is 1. The largest absolute Gasteiger partial charge is 0.435 e. The van der Waals surface area contributed by atoms with E-state index < -0.39 is 17.5 Å². The second kappa shape index (κ2) is 7.01. The third-order valence-corrected chi connectivity index (χ3v) is 2.92. The van der Waals surface area contributed by atoms with Gasteiger partial charge >= 0.3 is 12.6 Å². The Bertz CT molecular complexity index is 754. The highest BCUT2D eigenvalue weighted by Crippen LogP contribution is 2.29. The lowest BCUT2D eigenvalue weighted by Gasteiger charge is -2.08. The minimum absolute atomic E-state index is 0.0439. The minimum Gasteiger partial charge on any atom is -0.435 e. The lowest BCUT2D eigenvalue weighted by molar-refractivity contribution is -0.384. The van der Waals surface area contributed by atoms with Crippen LogP contribution in [0.5, 0.6) is 11.5 Å². The molecule has 0 aliphatic heterocycles. The van der Waals surface area contributed by atoms with E-state index in [1.165, 1.54) is 18.2 Å². The maximum Gasteiger partial charge on any atom is 0.387 e. The van der Waals surface area contributed by atoms with Gasteiger partial charge in [-0.3, -0.25) is 10.1 Å². The van der Waals surface area contributed by atoms with Crippen molar-refractivity contribution in [2.24, 2.45) is 0 Å². The maximum absolute atomic E-state index is 12.1. The van der Waals surface area contributed by atoms with Gasteiger partial charge in [0.15, 0.2) is 0 Å². The van der Waals surface area contributed by atoms with Gasteiger partial charge in [0.05, 0.1) is 15.5 Å². The molecule has 0 aliphatic rings. The van der Waals surface area contributed by atoms with E-state index >= 15 is 0 Å². The minimum atomic E-state index is -3.02. The number of esters is 1. The molecule has 0 amide bonds. The van der Waals surface area contributed by atoms with Gasteiger partial charge in [0.25, 0.3) is 5.69 Å². The monoisotopic (exact) mass is 343 g/mol. The molecule has 0 radical (unpaired) electrons. The van der Waals surface area contributed by atoms with Crippen LogP contribution in [0.2, 0.25) is 5.02 Å². The molecule has 0 heterocycles. The average molecular weight is 344 g/mol. The number of ether oxygens (including phenoxy) is 2. The van der Waals surface area contributed by atoms with Crippen molar-refractivity contribution in [3.63, 3.8) is 0 Å². The summed E-state index contributed by atoms with van der Waals surface area (Å²) < 4.78 is 33.5. The first kappa shape index (κ1) is 16.6. The maximum atomic E-state index is 12.1. The van der Waals surface area contributed by atoms with Crippen LogP contribution in [-0.4, -0.2) is 17.5 Å². The van der Waals surface area contributed by atoms with Crippen molar-refractivity contribution in [2.45, 2.75) is 6.61 Å². The quantitative estimate of drug-likeness (QED) is 0.354. The van der Waals surface area contributed by atoms with Gasteiger partial charge in [-0.15, -0.1) is 0 Å². The summed E-state index contributed by atoms with van der Waals surface area (Å²) in [6.45, 7) is -3.02. The standard InChI is InChI=1S/C14H8ClF2NO5/c15-11-7-9(18(20)21)4-5-12(11)23-13(19)8-2-1-3-10(6-8)22-14(16)17/h1-7,14H. The van der Waals surface area contributed by atoms with Crippen molar-refractivity contribution in [1.29, 1.82) is 0 Å². The second-order valence-electron chi connectivity index (χ2n) is 4.17. The van der Waals surface area contributed by atoms with Crippen LogP contribution in [0.1, 0.15) is 10.4 Å². The zero-order valence-corrected chi connectivity index (χ0v) is 12.0. The molecule has 23 heavy (non-hydrogen) atoms. The van der Waals surface area contributed by atoms with E-state index in [-0.39, 0.29) is 27.8 Å². The molecule has 6 nitrogen and oxygen atoms in total. The highest BCUT2D eigenvalue weighted by Gasteiger charge is 2.15. The lowest BCUT2D eigenvalue weighted by atomic mass is 10.2. The van der Waals surface area contributed by atoms with Crippen LogP contribution in [0.25, 0.3) is 0 Å². The van der Waals surface area contributed by atoms with Crippen LogP contribution in [0.3, 0.4) is 0 Å². The topological polar surface area (TPSA) is 78.7 Å². The Morgan fingerprint density at radius 3 is 2.57 bits per heavy atom. The zero-order chi connectivity index (χ0) is 17.0. The molecule has 0 fully saturated rings. The number of carbonyl (C=O) groups excluding carboxylic acids is 1. The third-order valence-electron chi connectivity index (χ3n) is 2.62.